The second-order valence-corrected chi connectivity index (χ2v) is 13.6. The lowest BCUT2D eigenvalue weighted by Gasteiger charge is -2.38. The van der Waals surface area contributed by atoms with Gasteiger partial charge in [-0.15, -0.1) is 6.58 Å². The van der Waals surface area contributed by atoms with E-state index in [2.05, 4.69) is 13.5 Å². The molecular formula is C41H51F3. The predicted octanol–water partition coefficient (Wildman–Crippen LogP) is 13.0. The lowest BCUT2D eigenvalue weighted by atomic mass is 9.68. The van der Waals surface area contributed by atoms with E-state index in [-0.39, 0.29) is 11.4 Å². The van der Waals surface area contributed by atoms with E-state index >= 15 is 4.39 Å². The average molecular weight is 601 g/mol. The quantitative estimate of drug-likeness (QED) is 0.135. The Morgan fingerprint density at radius 3 is 2.00 bits per heavy atom. The third-order valence-corrected chi connectivity index (χ3v) is 10.8. The normalized spacial score (nSPS) is 22.2. The molecular weight excluding hydrogens is 549 g/mol. The lowest BCUT2D eigenvalue weighted by molar-refractivity contribution is 0.155. The van der Waals surface area contributed by atoms with E-state index in [1.807, 2.05) is 30.3 Å². The van der Waals surface area contributed by atoms with Gasteiger partial charge in [0.1, 0.15) is 5.82 Å². The van der Waals surface area contributed by atoms with Crippen LogP contribution in [0, 0.1) is 35.2 Å². The molecule has 5 rings (SSSR count). The van der Waals surface area contributed by atoms with Crippen molar-refractivity contribution in [1.29, 1.82) is 0 Å². The van der Waals surface area contributed by atoms with Gasteiger partial charge in [-0.05, 0) is 122 Å². The molecule has 0 heterocycles. The zero-order valence-corrected chi connectivity index (χ0v) is 26.7. The number of rotatable bonds is 13. The highest BCUT2D eigenvalue weighted by Crippen LogP contribution is 2.45. The van der Waals surface area contributed by atoms with Crippen LogP contribution in [0.25, 0.3) is 22.3 Å². The molecule has 0 bridgehead atoms. The fraction of sp³-hybridized carbons (Fsp3) is 0.512. The van der Waals surface area contributed by atoms with Gasteiger partial charge in [0.25, 0.3) is 0 Å². The summed E-state index contributed by atoms with van der Waals surface area (Å²) >= 11 is 0. The molecule has 0 spiro atoms. The van der Waals surface area contributed by atoms with E-state index in [0.717, 1.165) is 66.5 Å². The van der Waals surface area contributed by atoms with Crippen molar-refractivity contribution in [2.45, 2.75) is 116 Å². The van der Waals surface area contributed by atoms with Crippen LogP contribution in [0.2, 0.25) is 0 Å². The summed E-state index contributed by atoms with van der Waals surface area (Å²) in [5.41, 5.74) is 3.81. The van der Waals surface area contributed by atoms with Crippen molar-refractivity contribution in [2.75, 3.05) is 0 Å². The van der Waals surface area contributed by atoms with Gasteiger partial charge in [0.15, 0.2) is 11.6 Å². The summed E-state index contributed by atoms with van der Waals surface area (Å²) in [6.45, 7) is 5.99. The van der Waals surface area contributed by atoms with Crippen molar-refractivity contribution in [3.8, 4) is 22.3 Å². The topological polar surface area (TPSA) is 0 Å². The second kappa shape index (κ2) is 16.0. The second-order valence-electron chi connectivity index (χ2n) is 13.6. The predicted molar refractivity (Wildman–Crippen MR) is 179 cm³/mol. The van der Waals surface area contributed by atoms with Gasteiger partial charge in [0.05, 0.1) is 0 Å². The first kappa shape index (κ1) is 32.6. The van der Waals surface area contributed by atoms with Crippen LogP contribution < -0.4 is 0 Å². The maximum absolute atomic E-state index is 15.5. The van der Waals surface area contributed by atoms with E-state index in [0.29, 0.717) is 23.5 Å². The molecule has 2 aliphatic carbocycles. The molecule has 0 aromatic heterocycles. The molecule has 0 radical (unpaired) electrons. The lowest BCUT2D eigenvalue weighted by Crippen LogP contribution is -2.25. The van der Waals surface area contributed by atoms with Crippen LogP contribution in [0.4, 0.5) is 13.2 Å². The van der Waals surface area contributed by atoms with E-state index in [9.17, 15) is 8.78 Å². The zero-order chi connectivity index (χ0) is 30.9. The Morgan fingerprint density at radius 2 is 1.34 bits per heavy atom. The van der Waals surface area contributed by atoms with E-state index in [1.54, 1.807) is 30.3 Å². The van der Waals surface area contributed by atoms with Gasteiger partial charge in [-0.1, -0.05) is 100 Å². The molecule has 2 aliphatic rings. The third kappa shape index (κ3) is 8.06. The molecule has 2 saturated carbocycles. The molecule has 236 valence electrons. The number of halogens is 3. The van der Waals surface area contributed by atoms with Gasteiger partial charge in [-0.2, -0.15) is 0 Å². The molecule has 0 aliphatic heterocycles. The first-order valence-electron chi connectivity index (χ1n) is 17.5. The molecule has 44 heavy (non-hydrogen) atoms. The SMILES string of the molecule is C=CCCCCc1ccc(-c2ccc(-c3ccc(C4CCC(C5CCC(CCCCC)CC5)CC4)c(F)c3)cc2)c(F)c1F. The molecule has 0 N–H and O–H groups in total. The highest BCUT2D eigenvalue weighted by Gasteiger charge is 2.32. The van der Waals surface area contributed by atoms with Crippen molar-refractivity contribution in [3.63, 3.8) is 0 Å². The monoisotopic (exact) mass is 600 g/mol. The fourth-order valence-corrected chi connectivity index (χ4v) is 8.02. The molecule has 3 aromatic carbocycles. The minimum absolute atomic E-state index is 0.126. The van der Waals surface area contributed by atoms with E-state index < -0.39 is 11.6 Å². The minimum atomic E-state index is -0.806. The van der Waals surface area contributed by atoms with Crippen molar-refractivity contribution >= 4 is 0 Å². The van der Waals surface area contributed by atoms with Crippen LogP contribution >= 0.6 is 0 Å². The van der Waals surface area contributed by atoms with Crippen molar-refractivity contribution in [3.05, 3.63) is 95.8 Å². The summed E-state index contributed by atoms with van der Waals surface area (Å²) in [4.78, 5) is 0. The van der Waals surface area contributed by atoms with Crippen LogP contribution in [0.5, 0.6) is 0 Å². The summed E-state index contributed by atoms with van der Waals surface area (Å²) in [6, 6.07) is 16.3. The Morgan fingerprint density at radius 1 is 0.682 bits per heavy atom. The molecule has 3 aromatic rings. The van der Waals surface area contributed by atoms with Crippen molar-refractivity contribution in [2.24, 2.45) is 17.8 Å². The van der Waals surface area contributed by atoms with Gasteiger partial charge < -0.3 is 0 Å². The van der Waals surface area contributed by atoms with E-state index in [1.165, 1.54) is 64.2 Å². The van der Waals surface area contributed by atoms with Gasteiger partial charge in [-0.25, -0.2) is 13.2 Å². The number of hydrogen-bond donors (Lipinski definition) is 0. The summed E-state index contributed by atoms with van der Waals surface area (Å²) in [5, 5.41) is 0. The van der Waals surface area contributed by atoms with Crippen molar-refractivity contribution < 1.29 is 13.2 Å². The Labute approximate surface area is 264 Å². The highest BCUT2D eigenvalue weighted by molar-refractivity contribution is 5.71. The first-order chi connectivity index (χ1) is 21.5. The molecule has 0 unspecified atom stereocenters. The maximum atomic E-state index is 15.5. The van der Waals surface area contributed by atoms with E-state index in [4.69, 9.17) is 0 Å². The highest BCUT2D eigenvalue weighted by atomic mass is 19.2. The maximum Gasteiger partial charge on any atom is 0.166 e. The molecule has 3 heteroatoms. The van der Waals surface area contributed by atoms with Gasteiger partial charge in [0.2, 0.25) is 0 Å². The zero-order valence-electron chi connectivity index (χ0n) is 26.7. The Kier molecular flexibility index (Phi) is 11.8. The molecule has 2 fully saturated rings. The number of unbranched alkanes of at least 4 members (excludes halogenated alkanes) is 4. The van der Waals surface area contributed by atoms with Crippen LogP contribution in [0.3, 0.4) is 0 Å². The van der Waals surface area contributed by atoms with Gasteiger partial charge >= 0.3 is 0 Å². The Hall–Kier alpha value is -2.81. The molecule has 0 atom stereocenters. The summed E-state index contributed by atoms with van der Waals surface area (Å²) in [6.07, 6.45) is 20.7. The number of benzene rings is 3. The van der Waals surface area contributed by atoms with Crippen LogP contribution in [-0.2, 0) is 6.42 Å². The molecule has 0 amide bonds. The Balaban J connectivity index is 1.16. The number of aryl methyl sites for hydroxylation is 1. The van der Waals surface area contributed by atoms with Crippen LogP contribution in [0.1, 0.15) is 120 Å². The summed E-state index contributed by atoms with van der Waals surface area (Å²) < 4.78 is 45.2. The fourth-order valence-electron chi connectivity index (χ4n) is 8.02. The van der Waals surface area contributed by atoms with Gasteiger partial charge in [-0.3, -0.25) is 0 Å². The number of hydrogen-bond acceptors (Lipinski definition) is 0. The van der Waals surface area contributed by atoms with Crippen molar-refractivity contribution in [1.82, 2.24) is 0 Å². The largest absolute Gasteiger partial charge is 0.207 e. The third-order valence-electron chi connectivity index (χ3n) is 10.8. The smallest absolute Gasteiger partial charge is 0.166 e. The molecule has 0 saturated heterocycles. The molecule has 0 nitrogen and oxygen atoms in total. The minimum Gasteiger partial charge on any atom is -0.207 e. The van der Waals surface area contributed by atoms with Gasteiger partial charge in [0, 0.05) is 5.56 Å². The van der Waals surface area contributed by atoms with Crippen LogP contribution in [0.15, 0.2) is 67.3 Å². The average Bonchev–Trinajstić information content (AvgIpc) is 3.06. The van der Waals surface area contributed by atoms with Crippen LogP contribution in [-0.4, -0.2) is 0 Å². The first-order valence-corrected chi connectivity index (χ1v) is 17.5. The number of allylic oxidation sites excluding steroid dienone is 1. The summed E-state index contributed by atoms with van der Waals surface area (Å²) in [7, 11) is 0. The standard InChI is InChI=1S/C41H51F3/c1-3-5-7-9-11-35-24-27-38(41(44)40(35)43)34-22-18-32(19-23-34)36-25-26-37(39(42)28-36)33-20-16-31(17-21-33)30-14-12-29(13-15-30)10-8-6-4-2/h3,18-19,22-31,33H,1,4-17,20-21H2,2H3. The Bertz CT molecular complexity index is 1340. The summed E-state index contributed by atoms with van der Waals surface area (Å²) in [5.74, 6) is 1.26.